The first kappa shape index (κ1) is 69.2. The molecular formula is C51H78N2O35. The molecule has 0 saturated carbocycles. The van der Waals surface area contributed by atoms with Gasteiger partial charge in [-0.3, -0.25) is 4.79 Å². The summed E-state index contributed by atoms with van der Waals surface area (Å²) in [4.78, 5) is 13.2. The number of carbonyl (C=O) groups is 1. The third kappa shape index (κ3) is 14.3. The summed E-state index contributed by atoms with van der Waals surface area (Å²) in [6, 6.07) is 6.34. The number of aliphatic hydroxyl groups is 20. The Labute approximate surface area is 498 Å². The first-order valence-electron chi connectivity index (χ1n) is 28.1. The van der Waals surface area contributed by atoms with Crippen LogP contribution in [0.15, 0.2) is 30.3 Å². The molecule has 0 unspecified atom stereocenters. The largest absolute Gasteiger partial charge is 0.399 e. The number of ether oxygens (including phenoxy) is 14. The van der Waals surface area contributed by atoms with E-state index in [0.29, 0.717) is 11.3 Å². The summed E-state index contributed by atoms with van der Waals surface area (Å²) in [5, 5.41) is 226. The second-order valence-corrected chi connectivity index (χ2v) is 22.2. The van der Waals surface area contributed by atoms with Crippen molar-refractivity contribution in [2.24, 2.45) is 0 Å². The fourth-order valence-electron chi connectivity index (χ4n) is 11.5. The molecule has 0 radical (unpaired) electrons. The number of hydrogen-bond donors (Lipinski definition) is 22. The van der Waals surface area contributed by atoms with Crippen LogP contribution in [0.2, 0.25) is 0 Å². The molecule has 1 aromatic rings. The smallest absolute Gasteiger partial charge is 0.244 e. The average molecular weight is 1280 g/mol. The van der Waals surface area contributed by atoms with Gasteiger partial charge in [-0.2, -0.15) is 0 Å². The molecule has 0 aliphatic carbocycles. The highest BCUT2D eigenvalue weighted by Crippen LogP contribution is 2.39. The highest BCUT2D eigenvalue weighted by Gasteiger charge is 2.59. The molecular weight excluding hydrogens is 1200 g/mol. The lowest BCUT2D eigenvalue weighted by Gasteiger charge is -2.50. The zero-order chi connectivity index (χ0) is 63.7. The van der Waals surface area contributed by atoms with E-state index in [4.69, 9.17) is 72.0 Å². The number of aliphatic hydroxyl groups excluding tert-OH is 20. The predicted octanol–water partition coefficient (Wildman–Crippen LogP) is -13.8. The van der Waals surface area contributed by atoms with Crippen LogP contribution in [0.5, 0.6) is 0 Å². The zero-order valence-corrected chi connectivity index (χ0v) is 46.3. The van der Waals surface area contributed by atoms with Crippen molar-refractivity contribution in [3.8, 4) is 0 Å². The lowest BCUT2D eigenvalue weighted by Crippen LogP contribution is -2.68. The number of rotatable bonds is 10. The molecule has 35 atom stereocenters. The molecule has 1 amide bonds. The molecule has 23 N–H and O–H groups in total. The van der Waals surface area contributed by atoms with Gasteiger partial charge >= 0.3 is 0 Å². The van der Waals surface area contributed by atoms with E-state index < -0.39 is 267 Å². The molecule has 21 fully saturated rings. The minimum Gasteiger partial charge on any atom is -0.399 e. The van der Waals surface area contributed by atoms with Crippen molar-refractivity contribution in [3.63, 3.8) is 0 Å². The fourth-order valence-corrected chi connectivity index (χ4v) is 11.5. The average Bonchev–Trinajstić information content (AvgIpc) is 2.49. The predicted molar refractivity (Wildman–Crippen MR) is 274 cm³/mol. The molecule has 37 heteroatoms. The second-order valence-electron chi connectivity index (χ2n) is 22.2. The Morgan fingerprint density at radius 3 is 0.750 bits per heavy atom. The molecule has 21 aliphatic heterocycles. The van der Waals surface area contributed by atoms with Crippen LogP contribution in [0.3, 0.4) is 0 Å². The van der Waals surface area contributed by atoms with Crippen molar-refractivity contribution in [2.75, 3.05) is 51.9 Å². The molecule has 21 heterocycles. The van der Waals surface area contributed by atoms with Crippen molar-refractivity contribution < 1.29 is 173 Å². The summed E-state index contributed by atoms with van der Waals surface area (Å²) in [7, 11) is 0. The van der Waals surface area contributed by atoms with E-state index >= 15 is 0 Å². The van der Waals surface area contributed by atoms with Crippen LogP contribution in [-0.4, -0.2) is 369 Å². The molecule has 502 valence electrons. The van der Waals surface area contributed by atoms with Crippen molar-refractivity contribution in [3.05, 3.63) is 35.9 Å². The number of nitrogens with one attached hydrogen (secondary N) is 1. The first-order valence-corrected chi connectivity index (χ1v) is 28.1. The lowest BCUT2D eigenvalue weighted by atomic mass is 9.95. The molecule has 0 aromatic heterocycles. The Morgan fingerprint density at radius 1 is 0.330 bits per heavy atom. The van der Waals surface area contributed by atoms with E-state index in [1.54, 1.807) is 24.3 Å². The maximum absolute atomic E-state index is 13.2. The van der Waals surface area contributed by atoms with Crippen LogP contribution in [0, 0.1) is 0 Å². The topological polar surface area (TPSA) is 589 Å². The van der Waals surface area contributed by atoms with E-state index in [9.17, 15) is 107 Å². The quantitative estimate of drug-likeness (QED) is 0.0764. The van der Waals surface area contributed by atoms with Crippen molar-refractivity contribution in [2.45, 2.75) is 215 Å². The van der Waals surface area contributed by atoms with Crippen molar-refractivity contribution in [1.29, 1.82) is 0 Å². The maximum atomic E-state index is 13.2. The minimum absolute atomic E-state index is 0.437. The van der Waals surface area contributed by atoms with Crippen LogP contribution >= 0.6 is 0 Å². The Morgan fingerprint density at radius 2 is 0.534 bits per heavy atom. The number of benzene rings is 1. The summed E-state index contributed by atoms with van der Waals surface area (Å²) >= 11 is 0. The third-order valence-corrected chi connectivity index (χ3v) is 16.4. The minimum atomic E-state index is -2.26. The van der Waals surface area contributed by atoms with Gasteiger partial charge in [0.15, 0.2) is 44.0 Å². The highest BCUT2D eigenvalue weighted by atomic mass is 16.8. The van der Waals surface area contributed by atoms with Crippen LogP contribution in [-0.2, 0) is 71.1 Å². The SMILES string of the molecule is Nc1ccc(/C=C\C(=O)NC[C@H]2O[C@@H]3O[C@H]4[C@H](O)[C@@H](O)[C@@H](O[C@H]5[C@H](O)[C@@H](O)[C@@H](O[C@H]6[C@H](O)[C@@H](O)[C@@H](O[C@H]7[C@H](O)[C@@H](O)[C@@H](O[C@H]8[C@H](O)[C@@H](O)[C@@H](O[C@H]9[C@H](O)[C@@H](O)[C@@H](O[C@H]2[C@H](O)[C@H]3O)O[C@@H]9CO)O[C@@H]8CO)O[C@@H]7CO)O[C@@H]6CO)O[C@@H]5CO)O[C@@H]4CO)cc1. The lowest BCUT2D eigenvalue weighted by molar-refractivity contribution is -0.396. The van der Waals surface area contributed by atoms with Gasteiger partial charge in [-0.25, -0.2) is 0 Å². The van der Waals surface area contributed by atoms with E-state index in [2.05, 4.69) is 5.32 Å². The van der Waals surface area contributed by atoms with Gasteiger partial charge in [-0.05, 0) is 23.8 Å². The van der Waals surface area contributed by atoms with E-state index in [0.717, 1.165) is 6.08 Å². The van der Waals surface area contributed by atoms with Crippen LogP contribution in [0.25, 0.3) is 6.08 Å². The van der Waals surface area contributed by atoms with Gasteiger partial charge in [0, 0.05) is 18.3 Å². The van der Waals surface area contributed by atoms with Gasteiger partial charge in [-0.1, -0.05) is 12.1 Å². The molecule has 21 aliphatic rings. The Kier molecular flexibility index (Phi) is 23.5. The number of nitrogen functional groups attached to an aromatic ring is 1. The third-order valence-electron chi connectivity index (χ3n) is 16.4. The molecule has 22 rings (SSSR count). The van der Waals surface area contributed by atoms with E-state index in [1.807, 2.05) is 0 Å². The standard InChI is InChI=1S/C51H78N2O35/c52-15-4-1-14(2-5-15)3-6-23(60)53-7-16-38-24(61)31(68)45(75-16)83-39-17(8-54)77-47(33(70)26(39)63)85-41-19(10-56)79-49(35(72)28(41)65)87-43-21(12-58)81-51(37(74)30(43)67)88-44-22(13-59)80-50(36(73)29(44)66)86-42-20(11-57)78-48(34(71)27(42)64)84-40-18(9-55)76-46(82-38)32(69)25(40)62/h1-6,16-22,24-51,54-59,61-74H,7-13,52H2,(H,53,60)/b6-3-/t16-,17-,18-,19-,20-,21-,22-,24-,25-,26-,27-,28-,29-,30-,31-,32-,33-,34-,35-,36-,37-,38-,39-,40-,41-,42-,43-,44-,45-,46-,47-,48-,49-,50-,51-/m1/s1. The summed E-state index contributed by atoms with van der Waals surface area (Å²) < 4.78 is 81.0. The summed E-state index contributed by atoms with van der Waals surface area (Å²) in [6.07, 6.45) is -68.8. The van der Waals surface area contributed by atoms with Gasteiger partial charge in [0.2, 0.25) is 5.91 Å². The Balaban J connectivity index is 1.01. The van der Waals surface area contributed by atoms with Gasteiger partial charge in [0.25, 0.3) is 0 Å². The maximum Gasteiger partial charge on any atom is 0.244 e. The highest BCUT2D eigenvalue weighted by molar-refractivity contribution is 5.91. The number of amides is 1. The Hall–Kier alpha value is -3.13. The normalized spacial score (nSPS) is 49.9. The number of nitrogens with two attached hydrogens (primary N) is 1. The number of anilines is 1. The Bertz CT molecular complexity index is 2380. The monoisotopic (exact) mass is 1280 g/mol. The van der Waals surface area contributed by atoms with Crippen molar-refractivity contribution >= 4 is 17.7 Å². The fraction of sp³-hybridized carbons (Fsp3) is 0.824. The molecule has 88 heavy (non-hydrogen) atoms. The molecule has 37 nitrogen and oxygen atoms in total. The van der Waals surface area contributed by atoms with Gasteiger partial charge in [0.05, 0.1) is 39.6 Å². The number of hydrogen-bond acceptors (Lipinski definition) is 36. The first-order chi connectivity index (χ1) is 42.0. The van der Waals surface area contributed by atoms with Crippen molar-refractivity contribution in [1.82, 2.24) is 5.32 Å². The molecule has 1 aromatic carbocycles. The summed E-state index contributed by atoms with van der Waals surface area (Å²) in [5.41, 5.74) is 6.74. The van der Waals surface area contributed by atoms with Crippen LogP contribution in [0.1, 0.15) is 5.56 Å². The van der Waals surface area contributed by atoms with E-state index in [1.165, 1.54) is 6.08 Å². The second kappa shape index (κ2) is 29.9. The molecule has 14 bridgehead atoms. The zero-order valence-electron chi connectivity index (χ0n) is 46.3. The van der Waals surface area contributed by atoms with Crippen LogP contribution < -0.4 is 11.1 Å². The van der Waals surface area contributed by atoms with Gasteiger partial charge in [0.1, 0.15) is 171 Å². The van der Waals surface area contributed by atoms with Crippen LogP contribution in [0.4, 0.5) is 5.69 Å². The summed E-state index contributed by atoms with van der Waals surface area (Å²) in [5.74, 6) is -0.785. The summed E-state index contributed by atoms with van der Waals surface area (Å²) in [6.45, 7) is -7.06. The number of carbonyl (C=O) groups excluding carboxylic acids is 1. The van der Waals surface area contributed by atoms with Gasteiger partial charge in [-0.15, -0.1) is 0 Å². The molecule has 0 spiro atoms. The molecule has 21 saturated heterocycles. The van der Waals surface area contributed by atoms with E-state index in [-0.39, 0.29) is 0 Å². The van der Waals surface area contributed by atoms with Gasteiger partial charge < -0.3 is 179 Å².